The van der Waals surface area contributed by atoms with Gasteiger partial charge in [0.25, 0.3) is 0 Å². The number of aryl methyl sites for hydroxylation is 1. The van der Waals surface area contributed by atoms with E-state index in [2.05, 4.69) is 16.5 Å². The van der Waals surface area contributed by atoms with Crippen molar-refractivity contribution in [2.75, 3.05) is 0 Å². The molecular formula is C15H18N2O3S. The molecule has 0 radical (unpaired) electrons. The highest BCUT2D eigenvalue weighted by Gasteiger charge is 2.25. The second-order valence-corrected chi connectivity index (χ2v) is 6.41. The number of carbonyl (C=O) groups is 1. The first-order chi connectivity index (χ1) is 10.2. The fourth-order valence-electron chi connectivity index (χ4n) is 2.33. The number of hydrogen-bond donors (Lipinski definition) is 1. The highest BCUT2D eigenvalue weighted by atomic mass is 32.1. The van der Waals surface area contributed by atoms with Crippen molar-refractivity contribution in [3.05, 3.63) is 34.0 Å². The Kier molecular flexibility index (Phi) is 3.96. The Balaban J connectivity index is 1.74. The molecule has 0 atom stereocenters. The summed E-state index contributed by atoms with van der Waals surface area (Å²) in [6, 6.07) is 2.40. The van der Waals surface area contributed by atoms with Crippen molar-refractivity contribution in [1.82, 2.24) is 9.55 Å². The van der Waals surface area contributed by atoms with Crippen LogP contribution in [0.3, 0.4) is 0 Å². The van der Waals surface area contributed by atoms with E-state index in [0.717, 1.165) is 23.4 Å². The van der Waals surface area contributed by atoms with E-state index in [9.17, 15) is 9.90 Å². The molecule has 2 aromatic heterocycles. The fraction of sp³-hybridized carbons (Fsp3) is 0.467. The van der Waals surface area contributed by atoms with E-state index < -0.39 is 5.97 Å². The molecule has 1 fully saturated rings. The van der Waals surface area contributed by atoms with Crippen molar-refractivity contribution in [3.63, 3.8) is 0 Å². The third-order valence-corrected chi connectivity index (χ3v) is 4.67. The van der Waals surface area contributed by atoms with Crippen LogP contribution < -0.4 is 4.74 Å². The van der Waals surface area contributed by atoms with Crippen molar-refractivity contribution in [2.24, 2.45) is 0 Å². The van der Waals surface area contributed by atoms with Crippen molar-refractivity contribution in [3.8, 4) is 5.75 Å². The Morgan fingerprint density at radius 2 is 2.38 bits per heavy atom. The number of carboxylic acid groups (broad SMARTS) is 1. The third-order valence-electron chi connectivity index (χ3n) is 3.50. The summed E-state index contributed by atoms with van der Waals surface area (Å²) >= 11 is 1.31. The summed E-state index contributed by atoms with van der Waals surface area (Å²) in [5.41, 5.74) is 0.997. The maximum absolute atomic E-state index is 11.3. The first-order valence-electron chi connectivity index (χ1n) is 7.18. The third kappa shape index (κ3) is 3.10. The minimum Gasteiger partial charge on any atom is -0.486 e. The number of rotatable bonds is 7. The van der Waals surface area contributed by atoms with Crippen LogP contribution in [0.5, 0.6) is 5.75 Å². The number of aromatic nitrogens is 2. The van der Waals surface area contributed by atoms with Gasteiger partial charge in [-0.15, -0.1) is 11.3 Å². The lowest BCUT2D eigenvalue weighted by molar-refractivity contribution is 0.0697. The number of carboxylic acids is 1. The van der Waals surface area contributed by atoms with Gasteiger partial charge in [0.05, 0.1) is 18.2 Å². The summed E-state index contributed by atoms with van der Waals surface area (Å²) in [6.07, 6.45) is 7.86. The van der Waals surface area contributed by atoms with Crippen LogP contribution in [0.1, 0.15) is 52.5 Å². The summed E-state index contributed by atoms with van der Waals surface area (Å²) in [5.74, 6) is -0.451. The average Bonchev–Trinajstić information content (AvgIpc) is 3.04. The average molecular weight is 306 g/mol. The van der Waals surface area contributed by atoms with E-state index in [1.807, 2.05) is 12.4 Å². The summed E-state index contributed by atoms with van der Waals surface area (Å²) in [4.78, 5) is 16.8. The normalized spacial score (nSPS) is 14.3. The zero-order valence-electron chi connectivity index (χ0n) is 11.9. The van der Waals surface area contributed by atoms with Crippen LogP contribution in [0, 0.1) is 0 Å². The van der Waals surface area contributed by atoms with Gasteiger partial charge in [-0.3, -0.25) is 0 Å². The SMILES string of the molecule is CCCc1cc(OCc2cncn2C2CC2)c(C(=O)O)s1. The molecule has 2 aromatic rings. The highest BCUT2D eigenvalue weighted by molar-refractivity contribution is 7.14. The maximum atomic E-state index is 11.3. The van der Waals surface area contributed by atoms with Crippen molar-refractivity contribution in [1.29, 1.82) is 0 Å². The Morgan fingerprint density at radius 3 is 3.05 bits per heavy atom. The molecular weight excluding hydrogens is 288 g/mol. The number of hydrogen-bond acceptors (Lipinski definition) is 4. The highest BCUT2D eigenvalue weighted by Crippen LogP contribution is 2.36. The van der Waals surface area contributed by atoms with Gasteiger partial charge in [0.15, 0.2) is 4.88 Å². The van der Waals surface area contributed by atoms with Crippen LogP contribution in [0.4, 0.5) is 0 Å². The van der Waals surface area contributed by atoms with Gasteiger partial charge in [-0.2, -0.15) is 0 Å². The van der Waals surface area contributed by atoms with E-state index in [4.69, 9.17) is 4.74 Å². The molecule has 0 bridgehead atoms. The number of nitrogens with zero attached hydrogens (tertiary/aromatic N) is 2. The Bertz CT molecular complexity index is 643. The molecule has 0 aliphatic heterocycles. The van der Waals surface area contributed by atoms with E-state index in [1.165, 1.54) is 24.2 Å². The Morgan fingerprint density at radius 1 is 1.57 bits per heavy atom. The Hall–Kier alpha value is -1.82. The van der Waals surface area contributed by atoms with Crippen LogP contribution in [-0.2, 0) is 13.0 Å². The smallest absolute Gasteiger partial charge is 0.349 e. The second-order valence-electron chi connectivity index (χ2n) is 5.27. The van der Waals surface area contributed by atoms with Crippen LogP contribution in [0.15, 0.2) is 18.6 Å². The van der Waals surface area contributed by atoms with Gasteiger partial charge in [-0.05, 0) is 25.3 Å². The van der Waals surface area contributed by atoms with Gasteiger partial charge >= 0.3 is 5.97 Å². The van der Waals surface area contributed by atoms with Crippen molar-refractivity contribution in [2.45, 2.75) is 45.3 Å². The summed E-state index contributed by atoms with van der Waals surface area (Å²) in [7, 11) is 0. The standard InChI is InChI=1S/C15H18N2O3S/c1-2-3-12-6-13(14(21-12)15(18)19)20-8-11-7-16-9-17(11)10-4-5-10/h6-7,9-10H,2-5,8H2,1H3,(H,18,19). The van der Waals surface area contributed by atoms with Crippen molar-refractivity contribution >= 4 is 17.3 Å². The summed E-state index contributed by atoms with van der Waals surface area (Å²) in [6.45, 7) is 2.44. The number of imidazole rings is 1. The van der Waals surface area contributed by atoms with E-state index >= 15 is 0 Å². The van der Waals surface area contributed by atoms with E-state index in [0.29, 0.717) is 18.4 Å². The predicted molar refractivity (Wildman–Crippen MR) is 80.1 cm³/mol. The molecule has 6 heteroatoms. The molecule has 0 spiro atoms. The summed E-state index contributed by atoms with van der Waals surface area (Å²) in [5, 5.41) is 9.27. The second kappa shape index (κ2) is 5.89. The lowest BCUT2D eigenvalue weighted by atomic mass is 10.3. The molecule has 112 valence electrons. The molecule has 1 aliphatic rings. The van der Waals surface area contributed by atoms with Crippen LogP contribution in [-0.4, -0.2) is 20.6 Å². The molecule has 5 nitrogen and oxygen atoms in total. The minimum absolute atomic E-state index is 0.288. The minimum atomic E-state index is -0.923. The molecule has 2 heterocycles. The monoisotopic (exact) mass is 306 g/mol. The van der Waals surface area contributed by atoms with Crippen LogP contribution >= 0.6 is 11.3 Å². The zero-order chi connectivity index (χ0) is 14.8. The molecule has 21 heavy (non-hydrogen) atoms. The van der Waals surface area contributed by atoms with E-state index in [1.54, 1.807) is 6.20 Å². The Labute approximate surface area is 127 Å². The molecule has 0 unspecified atom stereocenters. The van der Waals surface area contributed by atoms with Crippen molar-refractivity contribution < 1.29 is 14.6 Å². The first-order valence-corrected chi connectivity index (χ1v) is 8.00. The molecule has 1 N–H and O–H groups in total. The van der Waals surface area contributed by atoms with Gasteiger partial charge in [-0.1, -0.05) is 13.3 Å². The molecule has 1 aliphatic carbocycles. The lowest BCUT2D eigenvalue weighted by Gasteiger charge is -2.08. The maximum Gasteiger partial charge on any atom is 0.349 e. The molecule has 3 rings (SSSR count). The topological polar surface area (TPSA) is 64.4 Å². The molecule has 0 amide bonds. The number of ether oxygens (including phenoxy) is 1. The van der Waals surface area contributed by atoms with Crippen LogP contribution in [0.2, 0.25) is 0 Å². The first kappa shape index (κ1) is 14.1. The molecule has 0 saturated heterocycles. The van der Waals surface area contributed by atoms with Gasteiger partial charge in [-0.25, -0.2) is 9.78 Å². The summed E-state index contributed by atoms with van der Waals surface area (Å²) < 4.78 is 7.88. The van der Waals surface area contributed by atoms with Gasteiger partial charge in [0.2, 0.25) is 0 Å². The number of aromatic carboxylic acids is 1. The quantitative estimate of drug-likeness (QED) is 0.850. The van der Waals surface area contributed by atoms with Gasteiger partial charge < -0.3 is 14.4 Å². The van der Waals surface area contributed by atoms with Crippen LogP contribution in [0.25, 0.3) is 0 Å². The fourth-order valence-corrected chi connectivity index (χ4v) is 3.37. The van der Waals surface area contributed by atoms with Gasteiger partial charge in [0.1, 0.15) is 12.4 Å². The zero-order valence-corrected chi connectivity index (χ0v) is 12.7. The van der Waals surface area contributed by atoms with Gasteiger partial charge in [0, 0.05) is 10.9 Å². The largest absolute Gasteiger partial charge is 0.486 e. The molecule has 1 saturated carbocycles. The predicted octanol–water partition coefficient (Wildman–Crippen LogP) is 3.51. The number of thiophene rings is 1. The van der Waals surface area contributed by atoms with E-state index in [-0.39, 0.29) is 4.88 Å². The lowest BCUT2D eigenvalue weighted by Crippen LogP contribution is -2.05. The molecule has 0 aromatic carbocycles.